The van der Waals surface area contributed by atoms with Crippen molar-refractivity contribution >= 4 is 23.2 Å². The Hall–Kier alpha value is -3.22. The average Bonchev–Trinajstić information content (AvgIpc) is 2.68. The van der Waals surface area contributed by atoms with E-state index in [-0.39, 0.29) is 23.7 Å². The van der Waals surface area contributed by atoms with E-state index in [0.717, 1.165) is 19.3 Å². The first-order valence-corrected chi connectivity index (χ1v) is 8.56. The summed E-state index contributed by atoms with van der Waals surface area (Å²) in [6.45, 7) is 0.627. The number of anilines is 1. The minimum Gasteiger partial charge on any atom is -0.318 e. The van der Waals surface area contributed by atoms with Crippen molar-refractivity contribution in [3.05, 3.63) is 69.8 Å². The third-order valence-corrected chi connectivity index (χ3v) is 4.97. The summed E-state index contributed by atoms with van der Waals surface area (Å²) >= 11 is 0. The van der Waals surface area contributed by atoms with E-state index in [4.69, 9.17) is 0 Å². The van der Waals surface area contributed by atoms with E-state index in [1.807, 2.05) is 0 Å². The first kappa shape index (κ1) is 16.3. The predicted molar refractivity (Wildman–Crippen MR) is 95.0 cm³/mol. The molecule has 1 saturated heterocycles. The van der Waals surface area contributed by atoms with Gasteiger partial charge >= 0.3 is 0 Å². The smallest absolute Gasteiger partial charge is 0.269 e. The monoisotopic (exact) mass is 351 g/mol. The van der Waals surface area contributed by atoms with E-state index in [1.54, 1.807) is 34.1 Å². The number of rotatable bonds is 2. The van der Waals surface area contributed by atoms with E-state index in [2.05, 4.69) is 0 Å². The average molecular weight is 351 g/mol. The fourth-order valence-electron chi connectivity index (χ4n) is 3.71. The molecular formula is C19H17N3O4. The van der Waals surface area contributed by atoms with Gasteiger partial charge in [0, 0.05) is 24.2 Å². The number of nitro benzene ring substituents is 1. The molecule has 2 aromatic carbocycles. The molecule has 7 nitrogen and oxygen atoms in total. The lowest BCUT2D eigenvalue weighted by atomic mass is 9.97. The summed E-state index contributed by atoms with van der Waals surface area (Å²) in [7, 11) is 0. The molecule has 0 bridgehead atoms. The molecule has 2 aliphatic heterocycles. The van der Waals surface area contributed by atoms with Gasteiger partial charge in [0.15, 0.2) is 0 Å². The van der Waals surface area contributed by atoms with E-state index < -0.39 is 4.92 Å². The SMILES string of the molecule is O=C1c2ccccc2N(C(=O)c2ccc([N+](=O)[O-])cc2)C2CCCCN12. The molecule has 0 N–H and O–H groups in total. The highest BCUT2D eigenvalue weighted by molar-refractivity contribution is 6.13. The van der Waals surface area contributed by atoms with Crippen LogP contribution in [0.4, 0.5) is 11.4 Å². The van der Waals surface area contributed by atoms with Crippen LogP contribution in [-0.2, 0) is 0 Å². The van der Waals surface area contributed by atoms with Crippen molar-refractivity contribution in [2.45, 2.75) is 25.4 Å². The van der Waals surface area contributed by atoms with E-state index in [9.17, 15) is 19.7 Å². The number of hydrogen-bond donors (Lipinski definition) is 0. The fraction of sp³-hybridized carbons (Fsp3) is 0.263. The number of carbonyl (C=O) groups excluding carboxylic acids is 2. The molecule has 0 saturated carbocycles. The number of benzene rings is 2. The van der Waals surface area contributed by atoms with Crippen molar-refractivity contribution in [3.8, 4) is 0 Å². The van der Waals surface area contributed by atoms with Crippen molar-refractivity contribution in [1.29, 1.82) is 0 Å². The highest BCUT2D eigenvalue weighted by atomic mass is 16.6. The first-order chi connectivity index (χ1) is 12.6. The number of carbonyl (C=O) groups is 2. The lowest BCUT2D eigenvalue weighted by Gasteiger charge is -2.46. The summed E-state index contributed by atoms with van der Waals surface area (Å²) in [5.41, 5.74) is 1.42. The quantitative estimate of drug-likeness (QED) is 0.614. The van der Waals surface area contributed by atoms with Gasteiger partial charge in [-0.1, -0.05) is 12.1 Å². The van der Waals surface area contributed by atoms with Crippen LogP contribution in [0.15, 0.2) is 48.5 Å². The van der Waals surface area contributed by atoms with Gasteiger partial charge in [-0.05, 0) is 43.5 Å². The van der Waals surface area contributed by atoms with Gasteiger partial charge < -0.3 is 4.90 Å². The van der Waals surface area contributed by atoms with Gasteiger partial charge in [0.2, 0.25) is 0 Å². The van der Waals surface area contributed by atoms with Crippen LogP contribution >= 0.6 is 0 Å². The Kier molecular flexibility index (Phi) is 3.91. The molecule has 2 aromatic rings. The van der Waals surface area contributed by atoms with Crippen LogP contribution in [0.2, 0.25) is 0 Å². The molecule has 132 valence electrons. The molecule has 2 heterocycles. The summed E-state index contributed by atoms with van der Waals surface area (Å²) in [4.78, 5) is 39.8. The highest BCUT2D eigenvalue weighted by Crippen LogP contribution is 2.36. The van der Waals surface area contributed by atoms with Crippen LogP contribution in [0.1, 0.15) is 40.0 Å². The van der Waals surface area contributed by atoms with Crippen molar-refractivity contribution in [1.82, 2.24) is 4.90 Å². The van der Waals surface area contributed by atoms with Gasteiger partial charge in [-0.3, -0.25) is 24.6 Å². The molecule has 0 aliphatic carbocycles. The first-order valence-electron chi connectivity index (χ1n) is 8.56. The van der Waals surface area contributed by atoms with Gasteiger partial charge in [0.1, 0.15) is 6.17 Å². The van der Waals surface area contributed by atoms with Crippen LogP contribution < -0.4 is 4.90 Å². The Bertz CT molecular complexity index is 894. The Morgan fingerprint density at radius 3 is 2.54 bits per heavy atom. The fourth-order valence-corrected chi connectivity index (χ4v) is 3.71. The number of nitro groups is 1. The number of hydrogen-bond acceptors (Lipinski definition) is 4. The second-order valence-electron chi connectivity index (χ2n) is 6.47. The standard InChI is InChI=1S/C19H17N3O4/c23-18(13-8-10-14(11-9-13)22(25)26)21-16-6-2-1-5-15(16)19(24)20-12-4-3-7-17(20)21/h1-2,5-6,8-11,17H,3-4,7,12H2. The Morgan fingerprint density at radius 2 is 1.81 bits per heavy atom. The molecule has 2 amide bonds. The maximum Gasteiger partial charge on any atom is 0.269 e. The van der Waals surface area contributed by atoms with Crippen molar-refractivity contribution in [2.24, 2.45) is 0 Å². The van der Waals surface area contributed by atoms with Gasteiger partial charge in [-0.15, -0.1) is 0 Å². The second kappa shape index (κ2) is 6.25. The van der Waals surface area contributed by atoms with Crippen LogP contribution in [0.25, 0.3) is 0 Å². The molecule has 1 unspecified atom stereocenters. The zero-order valence-corrected chi connectivity index (χ0v) is 14.0. The van der Waals surface area contributed by atoms with Crippen LogP contribution in [-0.4, -0.2) is 34.3 Å². The van der Waals surface area contributed by atoms with Crippen molar-refractivity contribution in [3.63, 3.8) is 0 Å². The predicted octanol–water partition coefficient (Wildman–Crippen LogP) is 3.21. The van der Waals surface area contributed by atoms with Crippen molar-refractivity contribution in [2.75, 3.05) is 11.4 Å². The Balaban J connectivity index is 1.77. The molecule has 1 atom stereocenters. The van der Waals surface area contributed by atoms with Crippen molar-refractivity contribution < 1.29 is 14.5 Å². The molecule has 26 heavy (non-hydrogen) atoms. The summed E-state index contributed by atoms with van der Waals surface area (Å²) in [6, 6.07) is 12.7. The summed E-state index contributed by atoms with van der Waals surface area (Å²) in [5, 5.41) is 10.8. The van der Waals surface area contributed by atoms with Gasteiger partial charge in [0.25, 0.3) is 17.5 Å². The van der Waals surface area contributed by atoms with E-state index in [1.165, 1.54) is 24.3 Å². The number of fused-ring (bicyclic) bond motifs is 2. The third kappa shape index (κ3) is 2.52. The molecule has 0 spiro atoms. The maximum atomic E-state index is 13.2. The Labute approximate surface area is 150 Å². The number of piperidine rings is 1. The summed E-state index contributed by atoms with van der Waals surface area (Å²) in [5.74, 6) is -0.296. The highest BCUT2D eigenvalue weighted by Gasteiger charge is 2.41. The largest absolute Gasteiger partial charge is 0.318 e. The zero-order chi connectivity index (χ0) is 18.3. The lowest BCUT2D eigenvalue weighted by Crippen LogP contribution is -2.59. The molecule has 0 radical (unpaired) electrons. The minimum atomic E-state index is -0.494. The maximum absolute atomic E-state index is 13.2. The number of para-hydroxylation sites is 1. The lowest BCUT2D eigenvalue weighted by molar-refractivity contribution is -0.384. The minimum absolute atomic E-state index is 0.0435. The van der Waals surface area contributed by atoms with Crippen LogP contribution in [0.5, 0.6) is 0 Å². The zero-order valence-electron chi connectivity index (χ0n) is 14.0. The summed E-state index contributed by atoms with van der Waals surface area (Å²) in [6.07, 6.45) is 2.28. The molecule has 0 aromatic heterocycles. The number of non-ortho nitro benzene ring substituents is 1. The molecule has 7 heteroatoms. The Morgan fingerprint density at radius 1 is 1.08 bits per heavy atom. The molecule has 1 fully saturated rings. The van der Waals surface area contributed by atoms with Gasteiger partial charge in [-0.2, -0.15) is 0 Å². The molecular weight excluding hydrogens is 334 g/mol. The van der Waals surface area contributed by atoms with E-state index in [0.29, 0.717) is 23.4 Å². The molecule has 2 aliphatic rings. The number of nitrogens with zero attached hydrogens (tertiary/aromatic N) is 3. The second-order valence-corrected chi connectivity index (χ2v) is 6.47. The summed E-state index contributed by atoms with van der Waals surface area (Å²) < 4.78 is 0. The topological polar surface area (TPSA) is 83.8 Å². The van der Waals surface area contributed by atoms with E-state index >= 15 is 0 Å². The van der Waals surface area contributed by atoms with Gasteiger partial charge in [-0.25, -0.2) is 0 Å². The molecule has 4 rings (SSSR count). The normalized spacial score (nSPS) is 18.9. The van der Waals surface area contributed by atoms with Gasteiger partial charge in [0.05, 0.1) is 16.2 Å². The van der Waals surface area contributed by atoms with Crippen LogP contribution in [0, 0.1) is 10.1 Å². The third-order valence-electron chi connectivity index (χ3n) is 4.97. The number of amides is 2. The van der Waals surface area contributed by atoms with Crippen LogP contribution in [0.3, 0.4) is 0 Å².